The predicted octanol–water partition coefficient (Wildman–Crippen LogP) is 6.55. The van der Waals surface area contributed by atoms with Crippen LogP contribution in [0.15, 0.2) is 78.9 Å². The number of nitrogens with zero attached hydrogens (tertiary/aromatic N) is 3. The maximum Gasteiger partial charge on any atom is 0.236 e. The topological polar surface area (TPSA) is 30.7 Å². The van der Waals surface area contributed by atoms with E-state index < -0.39 is 0 Å². The molecule has 3 aromatic carbocycles. The summed E-state index contributed by atoms with van der Waals surface area (Å²) in [5.74, 6) is 0.501. The van der Waals surface area contributed by atoms with E-state index in [4.69, 9.17) is 33.2 Å². The first-order valence-corrected chi connectivity index (χ1v) is 9.26. The zero-order chi connectivity index (χ0) is 18.4. The molecule has 5 aromatic rings. The van der Waals surface area contributed by atoms with Crippen LogP contribution in [0.2, 0.25) is 10.2 Å². The zero-order valence-electron chi connectivity index (χ0n) is 14.1. The van der Waals surface area contributed by atoms with Crippen molar-refractivity contribution in [3.63, 3.8) is 0 Å². The lowest BCUT2D eigenvalue weighted by molar-refractivity contribution is 0.985. The van der Waals surface area contributed by atoms with E-state index in [-0.39, 0.29) is 0 Å². The molecule has 27 heavy (non-hydrogen) atoms. The molecule has 5 rings (SSSR count). The number of halogens is 2. The molecule has 0 aliphatic carbocycles. The average molecular weight is 390 g/mol. The molecule has 0 saturated carbocycles. The van der Waals surface area contributed by atoms with E-state index in [9.17, 15) is 0 Å². The van der Waals surface area contributed by atoms with E-state index in [1.54, 1.807) is 4.57 Å². The summed E-state index contributed by atoms with van der Waals surface area (Å²) >= 11 is 13.0. The Kier molecular flexibility index (Phi) is 3.85. The highest BCUT2D eigenvalue weighted by Gasteiger charge is 2.18. The van der Waals surface area contributed by atoms with Gasteiger partial charge in [-0.3, -0.25) is 4.57 Å². The third-order valence-electron chi connectivity index (χ3n) is 4.60. The van der Waals surface area contributed by atoms with Gasteiger partial charge in [-0.2, -0.15) is 0 Å². The number of aromatic nitrogens is 3. The van der Waals surface area contributed by atoms with Gasteiger partial charge in [-0.25, -0.2) is 9.97 Å². The molecule has 0 amide bonds. The number of para-hydroxylation sites is 2. The van der Waals surface area contributed by atoms with Crippen LogP contribution in [0.1, 0.15) is 0 Å². The van der Waals surface area contributed by atoms with E-state index in [1.807, 2.05) is 78.9 Å². The first kappa shape index (κ1) is 16.3. The molecule has 0 fully saturated rings. The number of hydrogen-bond donors (Lipinski definition) is 0. The molecule has 5 heteroatoms. The van der Waals surface area contributed by atoms with Gasteiger partial charge in [0.2, 0.25) is 5.95 Å². The summed E-state index contributed by atoms with van der Waals surface area (Å²) in [6.45, 7) is 0. The first-order chi connectivity index (χ1) is 13.2. The SMILES string of the molecule is Clc1c(Cl)n(-c2nc(-c3ccccc3)c3ccccc3n2)c2ccccc12. The molecule has 0 atom stereocenters. The Balaban J connectivity index is 1.88. The molecule has 2 aromatic heterocycles. The van der Waals surface area contributed by atoms with Crippen LogP contribution >= 0.6 is 23.2 Å². The van der Waals surface area contributed by atoms with Crippen LogP contribution in [-0.2, 0) is 0 Å². The summed E-state index contributed by atoms with van der Waals surface area (Å²) in [6, 6.07) is 25.8. The summed E-state index contributed by atoms with van der Waals surface area (Å²) < 4.78 is 1.80. The summed E-state index contributed by atoms with van der Waals surface area (Å²) in [6.07, 6.45) is 0. The standard InChI is InChI=1S/C22H13Cl2N3/c23-19-16-11-5-7-13-18(16)27(21(19)24)22-25-17-12-6-4-10-15(17)20(26-22)14-8-2-1-3-9-14/h1-13H. The number of hydrogen-bond acceptors (Lipinski definition) is 2. The van der Waals surface area contributed by atoms with E-state index in [1.165, 1.54) is 0 Å². The van der Waals surface area contributed by atoms with Crippen LogP contribution < -0.4 is 0 Å². The van der Waals surface area contributed by atoms with Crippen molar-refractivity contribution in [2.24, 2.45) is 0 Å². The second kappa shape index (κ2) is 6.38. The molecular weight excluding hydrogens is 377 g/mol. The van der Waals surface area contributed by atoms with Gasteiger partial charge in [0, 0.05) is 16.3 Å². The molecule has 0 aliphatic rings. The highest BCUT2D eigenvalue weighted by Crippen LogP contribution is 2.36. The molecule has 0 N–H and O–H groups in total. The Bertz CT molecular complexity index is 1290. The van der Waals surface area contributed by atoms with Crippen molar-refractivity contribution in [1.82, 2.24) is 14.5 Å². The third kappa shape index (κ3) is 2.59. The lowest BCUT2D eigenvalue weighted by Crippen LogP contribution is -2.03. The van der Waals surface area contributed by atoms with E-state index in [0.29, 0.717) is 16.1 Å². The van der Waals surface area contributed by atoms with E-state index >= 15 is 0 Å². The van der Waals surface area contributed by atoms with Crippen molar-refractivity contribution in [2.45, 2.75) is 0 Å². The van der Waals surface area contributed by atoms with Crippen LogP contribution in [0.25, 0.3) is 39.0 Å². The van der Waals surface area contributed by atoms with Crippen LogP contribution in [-0.4, -0.2) is 14.5 Å². The highest BCUT2D eigenvalue weighted by molar-refractivity contribution is 6.45. The second-order valence-electron chi connectivity index (χ2n) is 6.21. The minimum absolute atomic E-state index is 0.409. The van der Waals surface area contributed by atoms with Crippen molar-refractivity contribution in [3.05, 3.63) is 89.0 Å². The first-order valence-electron chi connectivity index (χ1n) is 8.51. The average Bonchev–Trinajstić information content (AvgIpc) is 2.98. The van der Waals surface area contributed by atoms with Gasteiger partial charge in [-0.05, 0) is 12.1 Å². The van der Waals surface area contributed by atoms with Gasteiger partial charge < -0.3 is 0 Å². The Labute approximate surface area is 165 Å². The zero-order valence-corrected chi connectivity index (χ0v) is 15.6. The normalized spacial score (nSPS) is 11.3. The third-order valence-corrected chi connectivity index (χ3v) is 5.43. The smallest absolute Gasteiger partial charge is 0.236 e. The molecular formula is C22H13Cl2N3. The number of fused-ring (bicyclic) bond motifs is 2. The predicted molar refractivity (Wildman–Crippen MR) is 112 cm³/mol. The summed E-state index contributed by atoms with van der Waals surface area (Å²) in [7, 11) is 0. The van der Waals surface area contributed by atoms with Crippen molar-refractivity contribution < 1.29 is 0 Å². The fourth-order valence-electron chi connectivity index (χ4n) is 3.35. The van der Waals surface area contributed by atoms with Gasteiger partial charge in [0.25, 0.3) is 0 Å². The number of benzene rings is 3. The van der Waals surface area contributed by atoms with Gasteiger partial charge in [-0.15, -0.1) is 0 Å². The maximum absolute atomic E-state index is 6.57. The van der Waals surface area contributed by atoms with Crippen molar-refractivity contribution in [3.8, 4) is 17.2 Å². The maximum atomic E-state index is 6.57. The van der Waals surface area contributed by atoms with Crippen molar-refractivity contribution >= 4 is 45.0 Å². The van der Waals surface area contributed by atoms with Gasteiger partial charge in [-0.1, -0.05) is 89.9 Å². The molecule has 0 spiro atoms. The fraction of sp³-hybridized carbons (Fsp3) is 0. The van der Waals surface area contributed by atoms with Crippen LogP contribution in [0, 0.1) is 0 Å². The Hall–Kier alpha value is -2.88. The van der Waals surface area contributed by atoms with Gasteiger partial charge >= 0.3 is 0 Å². The Morgan fingerprint density at radius 3 is 2.15 bits per heavy atom. The summed E-state index contributed by atoms with van der Waals surface area (Å²) in [5, 5.41) is 2.78. The summed E-state index contributed by atoms with van der Waals surface area (Å²) in [5.41, 5.74) is 3.62. The van der Waals surface area contributed by atoms with Crippen LogP contribution in [0.5, 0.6) is 0 Å². The van der Waals surface area contributed by atoms with Crippen LogP contribution in [0.4, 0.5) is 0 Å². The fourth-order valence-corrected chi connectivity index (χ4v) is 3.86. The quantitative estimate of drug-likeness (QED) is 0.342. The molecule has 0 unspecified atom stereocenters. The molecule has 2 heterocycles. The lowest BCUT2D eigenvalue weighted by Gasteiger charge is -2.11. The van der Waals surface area contributed by atoms with Crippen molar-refractivity contribution in [2.75, 3.05) is 0 Å². The molecule has 0 aliphatic heterocycles. The lowest BCUT2D eigenvalue weighted by atomic mass is 10.1. The molecule has 0 saturated heterocycles. The summed E-state index contributed by atoms with van der Waals surface area (Å²) in [4.78, 5) is 9.64. The molecule has 130 valence electrons. The van der Waals surface area contributed by atoms with E-state index in [0.717, 1.165) is 33.1 Å². The molecule has 3 nitrogen and oxygen atoms in total. The highest BCUT2D eigenvalue weighted by atomic mass is 35.5. The Morgan fingerprint density at radius 1 is 0.667 bits per heavy atom. The molecule has 0 bridgehead atoms. The molecule has 0 radical (unpaired) electrons. The van der Waals surface area contributed by atoms with Crippen molar-refractivity contribution in [1.29, 1.82) is 0 Å². The minimum atomic E-state index is 0.409. The monoisotopic (exact) mass is 389 g/mol. The van der Waals surface area contributed by atoms with Gasteiger partial charge in [0.05, 0.1) is 21.7 Å². The minimum Gasteiger partial charge on any atom is -0.267 e. The number of rotatable bonds is 2. The van der Waals surface area contributed by atoms with Gasteiger partial charge in [0.1, 0.15) is 5.15 Å². The van der Waals surface area contributed by atoms with E-state index in [2.05, 4.69) is 0 Å². The van der Waals surface area contributed by atoms with Gasteiger partial charge in [0.15, 0.2) is 0 Å². The Morgan fingerprint density at radius 2 is 1.33 bits per heavy atom. The second-order valence-corrected chi connectivity index (χ2v) is 6.95. The van der Waals surface area contributed by atoms with Crippen LogP contribution in [0.3, 0.4) is 0 Å². The largest absolute Gasteiger partial charge is 0.267 e.